The molecule has 0 heterocycles. The number of nitrogens with two attached hydrogens (primary N) is 2. The van der Waals surface area contributed by atoms with Gasteiger partial charge in [-0.1, -0.05) is 30.7 Å². The molecule has 0 aliphatic carbocycles. The van der Waals surface area contributed by atoms with Gasteiger partial charge in [-0.2, -0.15) is 5.10 Å². The zero-order chi connectivity index (χ0) is 16.0. The van der Waals surface area contributed by atoms with Gasteiger partial charge in [0.15, 0.2) is 10.7 Å². The molecule has 1 aromatic rings. The summed E-state index contributed by atoms with van der Waals surface area (Å²) < 4.78 is 5.22. The van der Waals surface area contributed by atoms with E-state index in [1.165, 1.54) is 0 Å². The zero-order valence-electron chi connectivity index (χ0n) is 11.7. The number of carbonyl (C=O) groups is 1. The fraction of sp³-hybridized carbons (Fsp3) is 0.308. The van der Waals surface area contributed by atoms with Gasteiger partial charge in [0.2, 0.25) is 0 Å². The van der Waals surface area contributed by atoms with Crippen LogP contribution < -0.4 is 16.9 Å². The van der Waals surface area contributed by atoms with Crippen LogP contribution in [0, 0.1) is 0 Å². The largest absolute Gasteiger partial charge is 0.437 e. The first-order valence-corrected chi connectivity index (χ1v) is 6.95. The lowest BCUT2D eigenvalue weighted by atomic mass is 9.91. The Balaban J connectivity index is 3.29. The molecule has 0 aliphatic rings. The Morgan fingerprint density at radius 2 is 2.00 bits per heavy atom. The Kier molecular flexibility index (Phi) is 5.92. The van der Waals surface area contributed by atoms with Gasteiger partial charge in [-0.15, -0.1) is 0 Å². The summed E-state index contributed by atoms with van der Waals surface area (Å²) in [6, 6.07) is 6.91. The number of primary amides is 1. The number of nitrogens with zero attached hydrogens (tertiary/aromatic N) is 1. The first-order chi connectivity index (χ1) is 9.78. The number of hydrazone groups is 1. The number of halogens is 1. The molecule has 0 spiro atoms. The molecule has 0 radical (unpaired) electrons. The van der Waals surface area contributed by atoms with Crippen molar-refractivity contribution in [3.8, 4) is 0 Å². The van der Waals surface area contributed by atoms with Gasteiger partial charge in [-0.05, 0) is 37.7 Å². The van der Waals surface area contributed by atoms with E-state index in [9.17, 15) is 4.79 Å². The first kappa shape index (κ1) is 17.2. The van der Waals surface area contributed by atoms with Crippen LogP contribution in [0.4, 0.5) is 4.79 Å². The van der Waals surface area contributed by atoms with Crippen molar-refractivity contribution in [3.63, 3.8) is 0 Å². The van der Waals surface area contributed by atoms with Gasteiger partial charge in [-0.3, -0.25) is 5.43 Å². The number of hydrogen-bond acceptors (Lipinski definition) is 4. The van der Waals surface area contributed by atoms with Crippen molar-refractivity contribution in [1.82, 2.24) is 5.43 Å². The number of carbonyl (C=O) groups excluding carboxylic acids is 1. The van der Waals surface area contributed by atoms with Crippen LogP contribution in [0.25, 0.3) is 0 Å². The quantitative estimate of drug-likeness (QED) is 0.436. The maximum absolute atomic E-state index is 11.2. The monoisotopic (exact) mass is 328 g/mol. The molecule has 0 bridgehead atoms. The molecule has 0 aliphatic heterocycles. The van der Waals surface area contributed by atoms with E-state index in [4.69, 9.17) is 40.0 Å². The summed E-state index contributed by atoms with van der Waals surface area (Å²) >= 11 is 10.6. The molecule has 5 N–H and O–H groups in total. The van der Waals surface area contributed by atoms with Gasteiger partial charge in [0.1, 0.15) is 5.71 Å². The molecule has 1 amide bonds. The third kappa shape index (κ3) is 4.87. The number of hydrogen-bond donors (Lipinski definition) is 3. The minimum absolute atomic E-state index is 0.000934. The SMILES string of the molecule is CCC(C)(OC(N)=O)C(=NNC(N)=S)c1ccc(Cl)cc1. The number of nitrogens with one attached hydrogen (secondary N) is 1. The van der Waals surface area contributed by atoms with Crippen molar-refractivity contribution in [2.75, 3.05) is 0 Å². The third-order valence-electron chi connectivity index (χ3n) is 2.90. The molecule has 8 heteroatoms. The highest BCUT2D eigenvalue weighted by molar-refractivity contribution is 7.80. The van der Waals surface area contributed by atoms with Gasteiger partial charge >= 0.3 is 6.09 Å². The summed E-state index contributed by atoms with van der Waals surface area (Å²) in [6.07, 6.45) is -0.438. The molecule has 0 fully saturated rings. The zero-order valence-corrected chi connectivity index (χ0v) is 13.3. The van der Waals surface area contributed by atoms with Crippen LogP contribution in [-0.2, 0) is 4.74 Å². The van der Waals surface area contributed by atoms with Crippen LogP contribution >= 0.6 is 23.8 Å². The van der Waals surface area contributed by atoms with E-state index < -0.39 is 11.7 Å². The Bertz CT molecular complexity index is 562. The Morgan fingerprint density at radius 1 is 1.43 bits per heavy atom. The average Bonchev–Trinajstić information content (AvgIpc) is 2.39. The molecule has 0 aromatic heterocycles. The average molecular weight is 329 g/mol. The van der Waals surface area contributed by atoms with E-state index in [2.05, 4.69) is 10.5 Å². The van der Waals surface area contributed by atoms with Gasteiger partial charge in [0.25, 0.3) is 0 Å². The number of amides is 1. The molecule has 6 nitrogen and oxygen atoms in total. The highest BCUT2D eigenvalue weighted by Gasteiger charge is 2.34. The molecule has 1 atom stereocenters. The number of benzene rings is 1. The molecular formula is C13H17ClN4O2S. The third-order valence-corrected chi connectivity index (χ3v) is 3.24. The van der Waals surface area contributed by atoms with Gasteiger partial charge < -0.3 is 16.2 Å². The van der Waals surface area contributed by atoms with Gasteiger partial charge in [0, 0.05) is 10.6 Å². The van der Waals surface area contributed by atoms with Crippen LogP contribution in [-0.4, -0.2) is 22.5 Å². The van der Waals surface area contributed by atoms with Gasteiger partial charge in [-0.25, -0.2) is 4.79 Å². The number of rotatable bonds is 5. The van der Waals surface area contributed by atoms with Crippen LogP contribution in [0.5, 0.6) is 0 Å². The van der Waals surface area contributed by atoms with Crippen molar-refractivity contribution < 1.29 is 9.53 Å². The summed E-state index contributed by atoms with van der Waals surface area (Å²) in [5.74, 6) is 0. The molecule has 0 saturated heterocycles. The smallest absolute Gasteiger partial charge is 0.405 e. The van der Waals surface area contributed by atoms with Gasteiger partial charge in [0.05, 0.1) is 0 Å². The van der Waals surface area contributed by atoms with E-state index in [-0.39, 0.29) is 5.11 Å². The second-order valence-electron chi connectivity index (χ2n) is 4.45. The highest BCUT2D eigenvalue weighted by atomic mass is 35.5. The van der Waals surface area contributed by atoms with Crippen molar-refractivity contribution in [1.29, 1.82) is 0 Å². The van der Waals surface area contributed by atoms with Crippen molar-refractivity contribution in [3.05, 3.63) is 34.9 Å². The van der Waals surface area contributed by atoms with Crippen LogP contribution in [0.15, 0.2) is 29.4 Å². The Hall–Kier alpha value is -1.86. The van der Waals surface area contributed by atoms with Crippen LogP contribution in [0.1, 0.15) is 25.8 Å². The second-order valence-corrected chi connectivity index (χ2v) is 5.33. The lowest BCUT2D eigenvalue weighted by molar-refractivity contribution is 0.0780. The van der Waals surface area contributed by atoms with E-state index in [0.29, 0.717) is 22.7 Å². The predicted molar refractivity (Wildman–Crippen MR) is 87.3 cm³/mol. The predicted octanol–water partition coefficient (Wildman–Crippen LogP) is 2.14. The number of thiocarbonyl (C=S) groups is 1. The molecule has 1 aromatic carbocycles. The molecule has 114 valence electrons. The minimum atomic E-state index is -1.03. The maximum Gasteiger partial charge on any atom is 0.405 e. The summed E-state index contributed by atoms with van der Waals surface area (Å²) in [5.41, 5.74) is 13.1. The lowest BCUT2D eigenvalue weighted by Gasteiger charge is -2.29. The molecular weight excluding hydrogens is 312 g/mol. The summed E-state index contributed by atoms with van der Waals surface area (Å²) in [5, 5.41) is 4.72. The molecule has 21 heavy (non-hydrogen) atoms. The second kappa shape index (κ2) is 7.24. The van der Waals surface area contributed by atoms with E-state index in [1.807, 2.05) is 6.92 Å². The minimum Gasteiger partial charge on any atom is -0.437 e. The molecule has 1 rings (SSSR count). The summed E-state index contributed by atoms with van der Waals surface area (Å²) in [4.78, 5) is 11.2. The number of ether oxygens (including phenoxy) is 1. The summed E-state index contributed by atoms with van der Waals surface area (Å²) in [7, 11) is 0. The fourth-order valence-electron chi connectivity index (χ4n) is 1.72. The first-order valence-electron chi connectivity index (χ1n) is 6.16. The fourth-order valence-corrected chi connectivity index (χ4v) is 1.89. The standard InChI is InChI=1S/C13H17ClN4O2S/c1-3-13(2,20-12(16)19)10(17-18-11(15)21)8-4-6-9(14)7-5-8/h4-7H,3H2,1-2H3,(H2,16,19)(H3,15,18,21). The van der Waals surface area contributed by atoms with Crippen molar-refractivity contribution in [2.45, 2.75) is 25.9 Å². The van der Waals surface area contributed by atoms with E-state index >= 15 is 0 Å². The normalized spacial score (nSPS) is 14.1. The summed E-state index contributed by atoms with van der Waals surface area (Å²) in [6.45, 7) is 3.54. The van der Waals surface area contributed by atoms with E-state index in [0.717, 1.165) is 0 Å². The van der Waals surface area contributed by atoms with Crippen LogP contribution in [0.3, 0.4) is 0 Å². The van der Waals surface area contributed by atoms with Crippen molar-refractivity contribution >= 4 is 40.7 Å². The van der Waals surface area contributed by atoms with E-state index in [1.54, 1.807) is 31.2 Å². The Labute approximate surface area is 133 Å². The topological polar surface area (TPSA) is 103 Å². The van der Waals surface area contributed by atoms with Crippen LogP contribution in [0.2, 0.25) is 5.02 Å². The molecule has 0 saturated carbocycles. The lowest BCUT2D eigenvalue weighted by Crippen LogP contribution is -2.43. The maximum atomic E-state index is 11.2. The molecule has 1 unspecified atom stereocenters. The van der Waals surface area contributed by atoms with Crippen molar-refractivity contribution in [2.24, 2.45) is 16.6 Å². The highest BCUT2D eigenvalue weighted by Crippen LogP contribution is 2.23. The Morgan fingerprint density at radius 3 is 2.43 bits per heavy atom.